The van der Waals surface area contributed by atoms with E-state index in [2.05, 4.69) is 127 Å². The summed E-state index contributed by atoms with van der Waals surface area (Å²) in [6, 6.07) is 48.4. The molecule has 0 amide bonds. The van der Waals surface area contributed by atoms with Crippen LogP contribution in [0.5, 0.6) is 0 Å². The van der Waals surface area contributed by atoms with Gasteiger partial charge in [0, 0.05) is 11.8 Å². The lowest BCUT2D eigenvalue weighted by molar-refractivity contribution is 1.26. The molecular weight excluding hydrogens is 470 g/mol. The van der Waals surface area contributed by atoms with Crippen molar-refractivity contribution in [2.45, 2.75) is 6.42 Å². The number of benzene rings is 6. The Balaban J connectivity index is 1.31. The average molecular weight is 496 g/mol. The highest BCUT2D eigenvalue weighted by Gasteiger charge is 2.21. The van der Waals surface area contributed by atoms with Gasteiger partial charge in [0.1, 0.15) is 0 Å². The highest BCUT2D eigenvalue weighted by Crippen LogP contribution is 2.44. The fourth-order valence-electron chi connectivity index (χ4n) is 6.47. The second-order valence-electron chi connectivity index (χ2n) is 10.3. The summed E-state index contributed by atoms with van der Waals surface area (Å²) >= 11 is 0. The maximum atomic E-state index is 4.74. The van der Waals surface area contributed by atoms with E-state index in [0.29, 0.717) is 0 Å². The van der Waals surface area contributed by atoms with Crippen LogP contribution < -0.4 is 0 Å². The molecule has 0 saturated heterocycles. The number of nitrogens with zero attached hydrogens (tertiary/aromatic N) is 1. The molecule has 0 atom stereocenters. The predicted molar refractivity (Wildman–Crippen MR) is 164 cm³/mol. The first-order valence-electron chi connectivity index (χ1n) is 13.5. The van der Waals surface area contributed by atoms with Crippen molar-refractivity contribution in [1.29, 1.82) is 0 Å². The Bertz CT molecular complexity index is 1960. The van der Waals surface area contributed by atoms with Gasteiger partial charge in [-0.2, -0.15) is 0 Å². The van der Waals surface area contributed by atoms with Crippen LogP contribution in [0.1, 0.15) is 11.1 Å². The Morgan fingerprint density at radius 3 is 1.67 bits per heavy atom. The van der Waals surface area contributed by atoms with E-state index in [1.54, 1.807) is 0 Å². The molecule has 0 spiro atoms. The van der Waals surface area contributed by atoms with E-state index < -0.39 is 0 Å². The van der Waals surface area contributed by atoms with Crippen molar-refractivity contribution in [3.63, 3.8) is 0 Å². The summed E-state index contributed by atoms with van der Waals surface area (Å²) in [4.78, 5) is 4.74. The molecule has 0 N–H and O–H groups in total. The van der Waals surface area contributed by atoms with Crippen LogP contribution in [0.25, 0.3) is 66.2 Å². The van der Waals surface area contributed by atoms with Crippen LogP contribution in [0.15, 0.2) is 140 Å². The van der Waals surface area contributed by atoms with E-state index in [1.807, 2.05) is 12.3 Å². The van der Waals surface area contributed by atoms with E-state index in [9.17, 15) is 0 Å². The third-order valence-corrected chi connectivity index (χ3v) is 8.19. The van der Waals surface area contributed by atoms with Crippen molar-refractivity contribution >= 4 is 21.5 Å². The SMILES string of the molecule is c1ccc(-c2c3ccccc3c(-c3ccc(-c4cccc5c4Cc4ccccc4-5)cc3)c3ccccc23)nc1. The number of hydrogen-bond acceptors (Lipinski definition) is 1. The zero-order chi connectivity index (χ0) is 25.8. The summed E-state index contributed by atoms with van der Waals surface area (Å²) in [7, 11) is 0. The number of fused-ring (bicyclic) bond motifs is 5. The van der Waals surface area contributed by atoms with Crippen LogP contribution in [0.2, 0.25) is 0 Å². The summed E-state index contributed by atoms with van der Waals surface area (Å²) in [6.07, 6.45) is 2.87. The van der Waals surface area contributed by atoms with Crippen LogP contribution in [0.4, 0.5) is 0 Å². The van der Waals surface area contributed by atoms with E-state index >= 15 is 0 Å². The zero-order valence-electron chi connectivity index (χ0n) is 21.4. The lowest BCUT2D eigenvalue weighted by Gasteiger charge is -2.17. The van der Waals surface area contributed by atoms with Crippen LogP contribution in [-0.2, 0) is 6.42 Å². The summed E-state index contributed by atoms with van der Waals surface area (Å²) in [5.74, 6) is 0. The molecule has 0 radical (unpaired) electrons. The fourth-order valence-corrected chi connectivity index (χ4v) is 6.47. The highest BCUT2D eigenvalue weighted by atomic mass is 14.7. The molecule has 0 fully saturated rings. The molecule has 0 unspecified atom stereocenters. The molecule has 0 saturated carbocycles. The zero-order valence-corrected chi connectivity index (χ0v) is 21.4. The molecular formula is C38H25N. The van der Waals surface area contributed by atoms with Gasteiger partial charge in [-0.3, -0.25) is 4.98 Å². The summed E-state index contributed by atoms with van der Waals surface area (Å²) in [6.45, 7) is 0. The Labute approximate surface area is 228 Å². The number of pyridine rings is 1. The molecule has 0 aliphatic heterocycles. The minimum atomic E-state index is 0.994. The topological polar surface area (TPSA) is 12.9 Å². The molecule has 39 heavy (non-hydrogen) atoms. The summed E-state index contributed by atoms with van der Waals surface area (Å²) < 4.78 is 0. The van der Waals surface area contributed by atoms with Crippen molar-refractivity contribution in [2.75, 3.05) is 0 Å². The van der Waals surface area contributed by atoms with Crippen LogP contribution in [0, 0.1) is 0 Å². The van der Waals surface area contributed by atoms with Gasteiger partial charge >= 0.3 is 0 Å². The molecule has 8 rings (SSSR count). The maximum absolute atomic E-state index is 4.74. The third-order valence-electron chi connectivity index (χ3n) is 8.19. The normalized spacial score (nSPS) is 12.0. The van der Waals surface area contributed by atoms with E-state index in [1.165, 1.54) is 71.6 Å². The molecule has 1 nitrogen and oxygen atoms in total. The Morgan fingerprint density at radius 1 is 0.410 bits per heavy atom. The number of rotatable bonds is 3. The van der Waals surface area contributed by atoms with Crippen molar-refractivity contribution in [3.05, 3.63) is 151 Å². The minimum Gasteiger partial charge on any atom is -0.256 e. The predicted octanol–water partition coefficient (Wildman–Crippen LogP) is 9.96. The highest BCUT2D eigenvalue weighted by molar-refractivity contribution is 6.21. The largest absolute Gasteiger partial charge is 0.256 e. The van der Waals surface area contributed by atoms with Gasteiger partial charge in [0.15, 0.2) is 0 Å². The summed E-state index contributed by atoms with van der Waals surface area (Å²) in [5, 5.41) is 4.96. The van der Waals surface area contributed by atoms with E-state index in [-0.39, 0.29) is 0 Å². The monoisotopic (exact) mass is 495 g/mol. The van der Waals surface area contributed by atoms with Crippen molar-refractivity contribution in [3.8, 4) is 44.6 Å². The standard InChI is InChI=1S/C38H25N/c1-2-11-29-27(10-1)24-35-28(16-9-17-30(29)35)25-19-21-26(22-20-25)37-31-12-3-5-14-33(31)38(36-18-7-8-23-39-36)34-15-6-4-13-32(34)37/h1-23H,24H2. The van der Waals surface area contributed by atoms with Crippen LogP contribution in [-0.4, -0.2) is 4.98 Å². The first-order chi connectivity index (χ1) is 19.4. The van der Waals surface area contributed by atoms with E-state index in [0.717, 1.165) is 12.1 Å². The van der Waals surface area contributed by atoms with E-state index in [4.69, 9.17) is 4.98 Å². The molecule has 1 heterocycles. The third kappa shape index (κ3) is 3.44. The number of aromatic nitrogens is 1. The van der Waals surface area contributed by atoms with Crippen molar-refractivity contribution in [1.82, 2.24) is 4.98 Å². The smallest absolute Gasteiger partial charge is 0.0714 e. The van der Waals surface area contributed by atoms with Crippen LogP contribution >= 0.6 is 0 Å². The number of hydrogen-bond donors (Lipinski definition) is 0. The lowest BCUT2D eigenvalue weighted by Crippen LogP contribution is -1.92. The first kappa shape index (κ1) is 22.0. The molecule has 1 aromatic heterocycles. The second-order valence-corrected chi connectivity index (χ2v) is 10.3. The minimum absolute atomic E-state index is 0.994. The van der Waals surface area contributed by atoms with Gasteiger partial charge in [0.25, 0.3) is 0 Å². The molecule has 182 valence electrons. The molecule has 0 bridgehead atoms. The Morgan fingerprint density at radius 2 is 0.974 bits per heavy atom. The van der Waals surface area contributed by atoms with Gasteiger partial charge in [-0.25, -0.2) is 0 Å². The van der Waals surface area contributed by atoms with Gasteiger partial charge in [-0.1, -0.05) is 121 Å². The van der Waals surface area contributed by atoms with Crippen molar-refractivity contribution < 1.29 is 0 Å². The van der Waals surface area contributed by atoms with Crippen LogP contribution in [0.3, 0.4) is 0 Å². The Hall–Kier alpha value is -5.01. The molecule has 7 aromatic rings. The molecule has 1 aliphatic rings. The van der Waals surface area contributed by atoms with Gasteiger partial charge in [-0.15, -0.1) is 0 Å². The van der Waals surface area contributed by atoms with Gasteiger partial charge in [0.2, 0.25) is 0 Å². The second kappa shape index (κ2) is 8.79. The molecule has 6 aromatic carbocycles. The quantitative estimate of drug-likeness (QED) is 0.222. The average Bonchev–Trinajstić information content (AvgIpc) is 3.39. The van der Waals surface area contributed by atoms with Gasteiger partial charge in [-0.05, 0) is 84.6 Å². The summed E-state index contributed by atoms with van der Waals surface area (Å²) in [5.41, 5.74) is 12.9. The molecule has 1 aliphatic carbocycles. The fraction of sp³-hybridized carbons (Fsp3) is 0.0263. The first-order valence-corrected chi connectivity index (χ1v) is 13.5. The molecule has 1 heteroatoms. The lowest BCUT2D eigenvalue weighted by atomic mass is 9.86. The van der Waals surface area contributed by atoms with Gasteiger partial charge < -0.3 is 0 Å². The Kier molecular flexibility index (Phi) is 4.96. The van der Waals surface area contributed by atoms with Gasteiger partial charge in [0.05, 0.1) is 5.69 Å². The maximum Gasteiger partial charge on any atom is 0.0714 e. The van der Waals surface area contributed by atoms with Crippen molar-refractivity contribution in [2.24, 2.45) is 0 Å².